The van der Waals surface area contributed by atoms with Gasteiger partial charge in [0.2, 0.25) is 17.8 Å². The van der Waals surface area contributed by atoms with Crippen molar-refractivity contribution >= 4 is 29.7 Å². The number of nitrogens with zero attached hydrogens (tertiary/aromatic N) is 7. The Hall–Kier alpha value is -3.58. The van der Waals surface area contributed by atoms with E-state index >= 15 is 0 Å². The minimum absolute atomic E-state index is 0.252. The number of anilines is 3. The fraction of sp³-hybridized carbons (Fsp3) is 0.444. The third-order valence-electron chi connectivity index (χ3n) is 4.77. The van der Waals surface area contributed by atoms with Gasteiger partial charge in [0, 0.05) is 37.8 Å². The molecule has 4 rings (SSSR count). The van der Waals surface area contributed by atoms with Crippen LogP contribution in [-0.2, 0) is 9.47 Å². The minimum atomic E-state index is -0.657. The predicted molar refractivity (Wildman–Crippen MR) is 112 cm³/mol. The van der Waals surface area contributed by atoms with Crippen LogP contribution in [-0.4, -0.2) is 83.8 Å². The lowest BCUT2D eigenvalue weighted by Crippen LogP contribution is -2.40. The lowest BCUT2D eigenvalue weighted by molar-refractivity contribution is -0.385. The van der Waals surface area contributed by atoms with E-state index in [0.717, 1.165) is 0 Å². The van der Waals surface area contributed by atoms with Gasteiger partial charge in [-0.05, 0) is 12.1 Å². The van der Waals surface area contributed by atoms with Gasteiger partial charge in [0.15, 0.2) is 5.75 Å². The molecule has 13 nitrogen and oxygen atoms in total. The molecule has 1 aromatic heterocycles. The highest BCUT2D eigenvalue weighted by molar-refractivity contribution is 5.81. The van der Waals surface area contributed by atoms with E-state index in [0.29, 0.717) is 70.1 Å². The summed E-state index contributed by atoms with van der Waals surface area (Å²) in [6.07, 6.45) is 1.39. The SMILES string of the molecule is O=[N+]([O-])c1cc(C=NNc2nc(N3CCOCC3)nc(N3CCOCC3)n2)ccc1O. The number of rotatable bonds is 6. The van der Waals surface area contributed by atoms with Crippen molar-refractivity contribution in [2.75, 3.05) is 67.8 Å². The molecule has 0 bridgehead atoms. The number of hydrogen-bond acceptors (Lipinski definition) is 12. The van der Waals surface area contributed by atoms with Crippen molar-refractivity contribution in [3.05, 3.63) is 33.9 Å². The average molecular weight is 430 g/mol. The molecule has 164 valence electrons. The fourth-order valence-corrected chi connectivity index (χ4v) is 3.14. The number of benzene rings is 1. The molecule has 0 unspecified atom stereocenters. The second-order valence-corrected chi connectivity index (χ2v) is 6.83. The highest BCUT2D eigenvalue weighted by atomic mass is 16.6. The Morgan fingerprint density at radius 3 is 2.16 bits per heavy atom. The summed E-state index contributed by atoms with van der Waals surface area (Å²) in [5, 5.41) is 24.6. The Balaban J connectivity index is 1.55. The Morgan fingerprint density at radius 2 is 1.61 bits per heavy atom. The van der Waals surface area contributed by atoms with Crippen LogP contribution in [0, 0.1) is 10.1 Å². The average Bonchev–Trinajstić information content (AvgIpc) is 2.81. The second kappa shape index (κ2) is 9.49. The number of nitro groups is 1. The van der Waals surface area contributed by atoms with Gasteiger partial charge in [-0.15, -0.1) is 0 Å². The van der Waals surface area contributed by atoms with Crippen LogP contribution in [0.15, 0.2) is 23.3 Å². The summed E-state index contributed by atoms with van der Waals surface area (Å²) in [7, 11) is 0. The van der Waals surface area contributed by atoms with Gasteiger partial charge in [-0.1, -0.05) is 0 Å². The van der Waals surface area contributed by atoms with E-state index in [-0.39, 0.29) is 5.95 Å². The summed E-state index contributed by atoms with van der Waals surface area (Å²) in [4.78, 5) is 27.9. The van der Waals surface area contributed by atoms with Crippen LogP contribution in [0.1, 0.15) is 5.56 Å². The third-order valence-corrected chi connectivity index (χ3v) is 4.77. The molecule has 2 N–H and O–H groups in total. The van der Waals surface area contributed by atoms with Crippen LogP contribution in [0.5, 0.6) is 5.75 Å². The van der Waals surface area contributed by atoms with Gasteiger partial charge in [0.05, 0.1) is 37.6 Å². The second-order valence-electron chi connectivity index (χ2n) is 6.83. The van der Waals surface area contributed by atoms with E-state index in [1.54, 1.807) is 0 Å². The predicted octanol–water partition coefficient (Wildman–Crippen LogP) is 0.605. The number of nitro benzene ring substituents is 1. The largest absolute Gasteiger partial charge is 0.502 e. The minimum Gasteiger partial charge on any atom is -0.502 e. The highest BCUT2D eigenvalue weighted by Gasteiger charge is 2.20. The van der Waals surface area contributed by atoms with Crippen molar-refractivity contribution in [3.8, 4) is 5.75 Å². The van der Waals surface area contributed by atoms with Crippen molar-refractivity contribution in [1.29, 1.82) is 0 Å². The molecule has 1 aromatic carbocycles. The number of aromatic hydroxyl groups is 1. The normalized spacial score (nSPS) is 17.2. The molecule has 3 heterocycles. The Morgan fingerprint density at radius 1 is 1.03 bits per heavy atom. The van der Waals surface area contributed by atoms with E-state index in [2.05, 4.69) is 25.5 Å². The zero-order chi connectivity index (χ0) is 21.6. The molecule has 2 aromatic rings. The van der Waals surface area contributed by atoms with Crippen LogP contribution in [0.25, 0.3) is 0 Å². The van der Waals surface area contributed by atoms with Gasteiger partial charge in [-0.3, -0.25) is 10.1 Å². The van der Waals surface area contributed by atoms with E-state index in [1.165, 1.54) is 24.4 Å². The Kier molecular flexibility index (Phi) is 6.33. The van der Waals surface area contributed by atoms with Crippen LogP contribution in [0.2, 0.25) is 0 Å². The Bertz CT molecular complexity index is 924. The van der Waals surface area contributed by atoms with Crippen LogP contribution in [0.4, 0.5) is 23.5 Å². The zero-order valence-corrected chi connectivity index (χ0v) is 16.7. The van der Waals surface area contributed by atoms with E-state index in [1.807, 2.05) is 9.80 Å². The number of ether oxygens (including phenoxy) is 2. The maximum atomic E-state index is 11.0. The quantitative estimate of drug-likeness (QED) is 0.376. The standard InChI is InChI=1S/C18H22N8O5/c27-15-2-1-13(11-14(15)26(28)29)12-19-23-16-20-17(24-3-7-30-8-4-24)22-18(21-16)25-5-9-31-10-6-25/h1-2,11-12,27H,3-10H2,(H,20,21,22,23). The topological polar surface area (TPSA) is 151 Å². The molecule has 2 fully saturated rings. The molecular weight excluding hydrogens is 408 g/mol. The first-order valence-corrected chi connectivity index (χ1v) is 9.78. The van der Waals surface area contributed by atoms with Gasteiger partial charge < -0.3 is 24.4 Å². The highest BCUT2D eigenvalue weighted by Crippen LogP contribution is 2.25. The zero-order valence-electron chi connectivity index (χ0n) is 16.7. The van der Waals surface area contributed by atoms with Crippen LogP contribution >= 0.6 is 0 Å². The molecule has 0 radical (unpaired) electrons. The van der Waals surface area contributed by atoms with Crippen LogP contribution in [0.3, 0.4) is 0 Å². The molecule has 0 spiro atoms. The summed E-state index contributed by atoms with van der Waals surface area (Å²) in [6, 6.07) is 3.99. The molecule has 2 aliphatic rings. The summed E-state index contributed by atoms with van der Waals surface area (Å²) in [6.45, 7) is 5.08. The number of phenols is 1. The molecular formula is C18H22N8O5. The van der Waals surface area contributed by atoms with Gasteiger partial charge in [-0.25, -0.2) is 5.43 Å². The molecule has 31 heavy (non-hydrogen) atoms. The summed E-state index contributed by atoms with van der Waals surface area (Å²) >= 11 is 0. The van der Waals surface area contributed by atoms with Crippen molar-refractivity contribution in [2.45, 2.75) is 0 Å². The molecule has 0 amide bonds. The molecule has 2 aliphatic heterocycles. The number of hydrazone groups is 1. The number of aromatic nitrogens is 3. The first-order valence-electron chi connectivity index (χ1n) is 9.78. The third kappa shape index (κ3) is 5.13. The van der Waals surface area contributed by atoms with Gasteiger partial charge in [0.25, 0.3) is 0 Å². The smallest absolute Gasteiger partial charge is 0.311 e. The summed E-state index contributed by atoms with van der Waals surface area (Å²) in [5.41, 5.74) is 2.82. The fourth-order valence-electron chi connectivity index (χ4n) is 3.14. The lowest BCUT2D eigenvalue weighted by Gasteiger charge is -2.30. The van der Waals surface area contributed by atoms with Crippen LogP contribution < -0.4 is 15.2 Å². The summed E-state index contributed by atoms with van der Waals surface area (Å²) < 4.78 is 10.8. The lowest BCUT2D eigenvalue weighted by atomic mass is 10.2. The van der Waals surface area contributed by atoms with E-state index < -0.39 is 16.4 Å². The molecule has 0 saturated carbocycles. The van der Waals surface area contributed by atoms with E-state index in [4.69, 9.17) is 9.47 Å². The maximum absolute atomic E-state index is 11.0. The molecule has 0 atom stereocenters. The first-order chi connectivity index (χ1) is 15.1. The van der Waals surface area contributed by atoms with E-state index in [9.17, 15) is 15.2 Å². The summed E-state index contributed by atoms with van der Waals surface area (Å²) in [5.74, 6) is 0.899. The maximum Gasteiger partial charge on any atom is 0.311 e. The molecule has 0 aliphatic carbocycles. The molecule has 2 saturated heterocycles. The van der Waals surface area contributed by atoms with Gasteiger partial charge in [-0.2, -0.15) is 20.1 Å². The number of hydrogen-bond donors (Lipinski definition) is 2. The number of morpholine rings is 2. The van der Waals surface area contributed by atoms with Crippen molar-refractivity contribution < 1.29 is 19.5 Å². The monoisotopic (exact) mass is 430 g/mol. The Labute approximate surface area is 177 Å². The van der Waals surface area contributed by atoms with Crippen molar-refractivity contribution in [1.82, 2.24) is 15.0 Å². The number of phenolic OH excluding ortho intramolecular Hbond substituents is 1. The van der Waals surface area contributed by atoms with Gasteiger partial charge >= 0.3 is 5.69 Å². The van der Waals surface area contributed by atoms with Crippen molar-refractivity contribution in [3.63, 3.8) is 0 Å². The first kappa shape index (κ1) is 20.7. The van der Waals surface area contributed by atoms with Gasteiger partial charge in [0.1, 0.15) is 0 Å². The van der Waals surface area contributed by atoms with Crippen molar-refractivity contribution in [2.24, 2.45) is 5.10 Å². The number of nitrogens with one attached hydrogen (secondary N) is 1. The molecule has 13 heteroatoms.